The van der Waals surface area contributed by atoms with E-state index in [-0.39, 0.29) is 10.6 Å². The smallest absolute Gasteiger partial charge is 0.282 e. The van der Waals surface area contributed by atoms with E-state index in [4.69, 9.17) is 0 Å². The number of benzene rings is 2. The minimum Gasteiger partial charge on any atom is -0.355 e. The fourth-order valence-corrected chi connectivity index (χ4v) is 2.86. The molecule has 2 aromatic carbocycles. The Labute approximate surface area is 139 Å². The largest absolute Gasteiger partial charge is 0.355 e. The van der Waals surface area contributed by atoms with Crippen LogP contribution in [0.2, 0.25) is 0 Å². The molecular weight excluding hydrogens is 435 g/mol. The molecule has 2 rings (SSSR count). The molecule has 4 nitrogen and oxygen atoms in total. The van der Waals surface area contributed by atoms with Crippen LogP contribution in [0.1, 0.15) is 11.1 Å². The normalized spacial score (nSPS) is 10.4. The molecule has 6 heteroatoms. The van der Waals surface area contributed by atoms with Crippen molar-refractivity contribution in [1.82, 2.24) is 0 Å². The van der Waals surface area contributed by atoms with Crippen molar-refractivity contribution in [3.05, 3.63) is 59.6 Å². The van der Waals surface area contributed by atoms with Crippen LogP contribution in [-0.2, 0) is 0 Å². The summed E-state index contributed by atoms with van der Waals surface area (Å²) in [6.07, 6.45) is 0. The number of nitrogens with zero attached hydrogens (tertiary/aromatic N) is 1. The lowest BCUT2D eigenvalue weighted by molar-refractivity contribution is -0.385. The molecule has 0 aromatic heterocycles. The molecule has 20 heavy (non-hydrogen) atoms. The van der Waals surface area contributed by atoms with Crippen molar-refractivity contribution in [3.8, 4) is 0 Å². The maximum absolute atomic E-state index is 10.8. The van der Waals surface area contributed by atoms with Crippen molar-refractivity contribution in [1.29, 1.82) is 0 Å². The first kappa shape index (κ1) is 15.2. The van der Waals surface area contributed by atoms with E-state index in [0.29, 0.717) is 3.57 Å². The van der Waals surface area contributed by atoms with Gasteiger partial charge in [0, 0.05) is 21.9 Å². The Morgan fingerprint density at radius 3 is 2.25 bits per heavy atom. The predicted molar refractivity (Wildman–Crippen MR) is 92.7 cm³/mol. The number of nitro benzene ring substituents is 1. The minimum absolute atomic E-state index is 0.124. The zero-order valence-corrected chi connectivity index (χ0v) is 14.6. The molecule has 0 amide bonds. The maximum Gasteiger partial charge on any atom is 0.282 e. The van der Waals surface area contributed by atoms with E-state index in [1.165, 1.54) is 6.07 Å². The highest BCUT2D eigenvalue weighted by Gasteiger charge is 2.11. The van der Waals surface area contributed by atoms with E-state index in [1.807, 2.05) is 48.6 Å². The average molecular weight is 447 g/mol. The lowest BCUT2D eigenvalue weighted by atomic mass is 10.1. The van der Waals surface area contributed by atoms with Gasteiger partial charge in [-0.3, -0.25) is 10.1 Å². The zero-order chi connectivity index (χ0) is 14.9. The van der Waals surface area contributed by atoms with Crippen LogP contribution in [0.15, 0.2) is 34.8 Å². The molecule has 0 aliphatic carbocycles. The summed E-state index contributed by atoms with van der Waals surface area (Å²) in [7, 11) is 0. The Kier molecular flexibility index (Phi) is 4.64. The molecule has 0 fully saturated rings. The van der Waals surface area contributed by atoms with Crippen molar-refractivity contribution < 1.29 is 4.92 Å². The number of hydrogen-bond donors (Lipinski definition) is 1. The number of hydrogen-bond acceptors (Lipinski definition) is 3. The molecule has 0 aliphatic rings. The van der Waals surface area contributed by atoms with Crippen LogP contribution in [0.3, 0.4) is 0 Å². The zero-order valence-electron chi connectivity index (χ0n) is 10.9. The molecule has 0 radical (unpaired) electrons. The van der Waals surface area contributed by atoms with E-state index in [1.54, 1.807) is 12.1 Å². The van der Waals surface area contributed by atoms with Crippen molar-refractivity contribution in [2.75, 3.05) is 5.32 Å². The topological polar surface area (TPSA) is 55.2 Å². The lowest BCUT2D eigenvalue weighted by Crippen LogP contribution is -1.96. The van der Waals surface area contributed by atoms with Gasteiger partial charge in [-0.2, -0.15) is 0 Å². The molecule has 0 bridgehead atoms. The van der Waals surface area contributed by atoms with E-state index in [0.717, 1.165) is 27.0 Å². The van der Waals surface area contributed by atoms with Gasteiger partial charge in [-0.05, 0) is 71.8 Å². The van der Waals surface area contributed by atoms with Crippen LogP contribution >= 0.6 is 38.5 Å². The molecule has 104 valence electrons. The molecular formula is C14H12BrIN2O2. The Balaban J connectivity index is 2.31. The second-order valence-corrected chi connectivity index (χ2v) is 6.43. The van der Waals surface area contributed by atoms with Crippen LogP contribution in [0, 0.1) is 27.5 Å². The van der Waals surface area contributed by atoms with Gasteiger partial charge in [0.2, 0.25) is 0 Å². The molecule has 0 heterocycles. The van der Waals surface area contributed by atoms with Crippen molar-refractivity contribution in [3.63, 3.8) is 0 Å². The second-order valence-electron chi connectivity index (χ2n) is 4.47. The summed E-state index contributed by atoms with van der Waals surface area (Å²) in [5, 5.41) is 14.1. The lowest BCUT2D eigenvalue weighted by Gasteiger charge is -2.11. The first-order chi connectivity index (χ1) is 9.38. The van der Waals surface area contributed by atoms with E-state index in [9.17, 15) is 10.1 Å². The summed E-state index contributed by atoms with van der Waals surface area (Å²) in [4.78, 5) is 10.4. The van der Waals surface area contributed by atoms with Gasteiger partial charge in [-0.15, -0.1) is 0 Å². The summed E-state index contributed by atoms with van der Waals surface area (Å²) < 4.78 is 1.71. The maximum atomic E-state index is 10.8. The Hall–Kier alpha value is -1.15. The number of rotatable bonds is 3. The van der Waals surface area contributed by atoms with Crippen molar-refractivity contribution >= 4 is 55.6 Å². The summed E-state index contributed by atoms with van der Waals surface area (Å²) in [5.41, 5.74) is 4.21. The monoisotopic (exact) mass is 446 g/mol. The third-order valence-corrected chi connectivity index (χ3v) is 4.98. The Bertz CT molecular complexity index is 666. The fourth-order valence-electron chi connectivity index (χ4n) is 1.92. The van der Waals surface area contributed by atoms with Crippen molar-refractivity contribution in [2.24, 2.45) is 0 Å². The summed E-state index contributed by atoms with van der Waals surface area (Å²) in [6, 6.07) is 9.07. The number of nitrogens with one attached hydrogen (secondary N) is 1. The molecule has 0 aliphatic heterocycles. The van der Waals surface area contributed by atoms with Crippen LogP contribution in [-0.4, -0.2) is 4.92 Å². The molecule has 0 saturated heterocycles. The Morgan fingerprint density at radius 2 is 1.75 bits per heavy atom. The fraction of sp³-hybridized carbons (Fsp3) is 0.143. The van der Waals surface area contributed by atoms with Crippen LogP contribution < -0.4 is 5.32 Å². The first-order valence-corrected chi connectivity index (χ1v) is 7.73. The highest BCUT2D eigenvalue weighted by Crippen LogP contribution is 2.29. The van der Waals surface area contributed by atoms with Gasteiger partial charge in [0.1, 0.15) is 0 Å². The SMILES string of the molecule is Cc1cc(Nc2ccc([N+](=O)[O-])c(I)c2)cc(C)c1Br. The quantitative estimate of drug-likeness (QED) is 0.394. The second kappa shape index (κ2) is 6.09. The molecule has 0 spiro atoms. The minimum atomic E-state index is -0.376. The number of anilines is 2. The summed E-state index contributed by atoms with van der Waals surface area (Å²) in [5.74, 6) is 0. The van der Waals surface area contributed by atoms with Crippen LogP contribution in [0.4, 0.5) is 17.1 Å². The van der Waals surface area contributed by atoms with Gasteiger partial charge in [0.25, 0.3) is 5.69 Å². The molecule has 0 unspecified atom stereocenters. The van der Waals surface area contributed by atoms with Gasteiger partial charge < -0.3 is 5.32 Å². The first-order valence-electron chi connectivity index (χ1n) is 5.86. The molecule has 0 atom stereocenters. The van der Waals surface area contributed by atoms with Gasteiger partial charge in [0.05, 0.1) is 8.49 Å². The van der Waals surface area contributed by atoms with Crippen molar-refractivity contribution in [2.45, 2.75) is 13.8 Å². The van der Waals surface area contributed by atoms with E-state index >= 15 is 0 Å². The van der Waals surface area contributed by atoms with Gasteiger partial charge in [0.15, 0.2) is 0 Å². The molecule has 2 aromatic rings. The summed E-state index contributed by atoms with van der Waals surface area (Å²) >= 11 is 5.51. The van der Waals surface area contributed by atoms with Gasteiger partial charge in [-0.25, -0.2) is 0 Å². The number of aryl methyl sites for hydroxylation is 2. The standard InChI is InChI=1S/C14H12BrIN2O2/c1-8-5-11(6-9(2)14(8)15)17-10-3-4-13(18(19)20)12(16)7-10/h3-7,17H,1-2H3. The average Bonchev–Trinajstić information content (AvgIpc) is 2.35. The third kappa shape index (κ3) is 3.29. The van der Waals surface area contributed by atoms with Gasteiger partial charge >= 0.3 is 0 Å². The van der Waals surface area contributed by atoms with Gasteiger partial charge in [-0.1, -0.05) is 15.9 Å². The van der Waals surface area contributed by atoms with E-state index in [2.05, 4.69) is 21.2 Å². The summed E-state index contributed by atoms with van der Waals surface area (Å²) in [6.45, 7) is 4.06. The predicted octanol–water partition coefficient (Wildman–Crippen LogP) is 5.32. The van der Waals surface area contributed by atoms with E-state index < -0.39 is 0 Å². The number of nitro groups is 1. The molecule has 0 saturated carbocycles. The highest BCUT2D eigenvalue weighted by atomic mass is 127. The van der Waals surface area contributed by atoms with Crippen LogP contribution in [0.5, 0.6) is 0 Å². The third-order valence-electron chi connectivity index (χ3n) is 2.87. The van der Waals surface area contributed by atoms with Crippen LogP contribution in [0.25, 0.3) is 0 Å². The highest BCUT2D eigenvalue weighted by molar-refractivity contribution is 14.1. The Morgan fingerprint density at radius 1 is 1.15 bits per heavy atom. The molecule has 1 N–H and O–H groups in total. The number of halogens is 2.